The van der Waals surface area contributed by atoms with Crippen molar-refractivity contribution in [2.75, 3.05) is 26.7 Å². The van der Waals surface area contributed by atoms with Crippen LogP contribution < -0.4 is 29.6 Å². The summed E-state index contributed by atoms with van der Waals surface area (Å²) in [7, 11) is 0. The van der Waals surface area contributed by atoms with Crippen molar-refractivity contribution in [1.82, 2.24) is 10.6 Å². The third-order valence-electron chi connectivity index (χ3n) is 4.22. The summed E-state index contributed by atoms with van der Waals surface area (Å²) in [5.74, 6) is 3.00. The number of hydrogen-bond acceptors (Lipinski definition) is 6. The van der Waals surface area contributed by atoms with E-state index in [-0.39, 0.29) is 26.0 Å². The van der Waals surface area contributed by atoms with Gasteiger partial charge in [0.25, 0.3) is 0 Å². The maximum atomic E-state index is 11.9. The number of carbonyl (C=O) groups excluding carboxylic acids is 1. The zero-order valence-corrected chi connectivity index (χ0v) is 14.2. The van der Waals surface area contributed by atoms with Gasteiger partial charge in [0.2, 0.25) is 19.5 Å². The van der Waals surface area contributed by atoms with Crippen LogP contribution >= 0.6 is 0 Å². The quantitative estimate of drug-likeness (QED) is 0.785. The van der Waals surface area contributed by atoms with Gasteiger partial charge < -0.3 is 29.6 Å². The van der Waals surface area contributed by atoms with E-state index in [1.165, 1.54) is 0 Å². The molecule has 0 unspecified atom stereocenters. The molecule has 7 heteroatoms. The van der Waals surface area contributed by atoms with Gasteiger partial charge in [-0.1, -0.05) is 12.1 Å². The number of fused-ring (bicyclic) bond motifs is 2. The predicted molar refractivity (Wildman–Crippen MR) is 93.6 cm³/mol. The van der Waals surface area contributed by atoms with Gasteiger partial charge in [-0.15, -0.1) is 0 Å². The van der Waals surface area contributed by atoms with Crippen LogP contribution in [-0.4, -0.2) is 32.6 Å². The molecule has 0 saturated heterocycles. The highest BCUT2D eigenvalue weighted by Crippen LogP contribution is 2.33. The molecule has 7 nitrogen and oxygen atoms in total. The Morgan fingerprint density at radius 3 is 2.19 bits per heavy atom. The normalized spacial score (nSPS) is 13.7. The molecule has 0 spiro atoms. The number of carbonyl (C=O) groups is 1. The Balaban J connectivity index is 1.16. The van der Waals surface area contributed by atoms with Crippen molar-refractivity contribution in [3.05, 3.63) is 47.5 Å². The average molecular weight is 356 g/mol. The number of rotatable bonds is 7. The molecular weight excluding hydrogens is 336 g/mol. The fourth-order valence-electron chi connectivity index (χ4n) is 2.88. The van der Waals surface area contributed by atoms with Gasteiger partial charge in [-0.25, -0.2) is 0 Å². The summed E-state index contributed by atoms with van der Waals surface area (Å²) in [6.45, 7) is 1.95. The lowest BCUT2D eigenvalue weighted by molar-refractivity contribution is -0.120. The molecule has 2 aliphatic rings. The molecule has 2 aliphatic heterocycles. The summed E-state index contributed by atoms with van der Waals surface area (Å²) < 4.78 is 21.3. The summed E-state index contributed by atoms with van der Waals surface area (Å²) in [4.78, 5) is 11.9. The highest BCUT2D eigenvalue weighted by molar-refractivity contribution is 5.77. The van der Waals surface area contributed by atoms with Crippen molar-refractivity contribution in [2.24, 2.45) is 0 Å². The molecule has 1 amide bonds. The van der Waals surface area contributed by atoms with Crippen LogP contribution in [-0.2, 0) is 17.8 Å². The Bertz CT molecular complexity index is 743. The van der Waals surface area contributed by atoms with Crippen LogP contribution in [0.2, 0.25) is 0 Å². The fraction of sp³-hybridized carbons (Fsp3) is 0.316. The van der Waals surface area contributed by atoms with E-state index in [9.17, 15) is 4.79 Å². The monoisotopic (exact) mass is 356 g/mol. The number of hydrogen-bond donors (Lipinski definition) is 2. The van der Waals surface area contributed by atoms with Crippen molar-refractivity contribution < 1.29 is 23.7 Å². The minimum atomic E-state index is -0.0357. The topological polar surface area (TPSA) is 78.1 Å². The van der Waals surface area contributed by atoms with Crippen LogP contribution in [0.1, 0.15) is 11.1 Å². The number of benzene rings is 2. The molecule has 2 heterocycles. The Hall–Kier alpha value is -2.93. The molecule has 4 rings (SSSR count). The summed E-state index contributed by atoms with van der Waals surface area (Å²) in [5.41, 5.74) is 2.14. The lowest BCUT2D eigenvalue weighted by Crippen LogP contribution is -2.34. The van der Waals surface area contributed by atoms with Crippen LogP contribution in [0.3, 0.4) is 0 Å². The van der Waals surface area contributed by atoms with E-state index in [2.05, 4.69) is 10.6 Å². The molecule has 0 aliphatic carbocycles. The Morgan fingerprint density at radius 1 is 0.846 bits per heavy atom. The molecule has 26 heavy (non-hydrogen) atoms. The van der Waals surface area contributed by atoms with Crippen LogP contribution in [0.4, 0.5) is 0 Å². The van der Waals surface area contributed by atoms with Gasteiger partial charge >= 0.3 is 0 Å². The highest BCUT2D eigenvalue weighted by Gasteiger charge is 2.14. The van der Waals surface area contributed by atoms with Gasteiger partial charge in [0, 0.05) is 13.1 Å². The van der Waals surface area contributed by atoms with Gasteiger partial charge in [0.05, 0.1) is 6.54 Å². The summed E-state index contributed by atoms with van der Waals surface area (Å²) in [5, 5.41) is 6.04. The maximum Gasteiger partial charge on any atom is 0.233 e. The lowest BCUT2D eigenvalue weighted by atomic mass is 10.1. The molecule has 2 aromatic carbocycles. The summed E-state index contributed by atoms with van der Waals surface area (Å²) in [6, 6.07) is 11.6. The smallest absolute Gasteiger partial charge is 0.233 e. The second-order valence-corrected chi connectivity index (χ2v) is 6.08. The molecule has 0 aromatic heterocycles. The summed E-state index contributed by atoms with van der Waals surface area (Å²) in [6.07, 6.45) is 0.741. The molecule has 0 atom stereocenters. The molecule has 136 valence electrons. The first-order chi connectivity index (χ1) is 12.8. The first-order valence-electron chi connectivity index (χ1n) is 8.52. The van der Waals surface area contributed by atoms with Crippen molar-refractivity contribution in [2.45, 2.75) is 13.0 Å². The molecule has 0 saturated carbocycles. The van der Waals surface area contributed by atoms with Gasteiger partial charge in [-0.2, -0.15) is 0 Å². The minimum Gasteiger partial charge on any atom is -0.454 e. The van der Waals surface area contributed by atoms with Gasteiger partial charge in [-0.05, 0) is 41.8 Å². The first kappa shape index (κ1) is 16.5. The van der Waals surface area contributed by atoms with E-state index in [1.54, 1.807) is 0 Å². The average Bonchev–Trinajstić information content (AvgIpc) is 3.29. The maximum absolute atomic E-state index is 11.9. The van der Waals surface area contributed by atoms with E-state index in [4.69, 9.17) is 18.9 Å². The SMILES string of the molecule is O=C(CNCc1ccc2c(c1)OCO2)NCCc1ccc2c(c1)OCO2. The van der Waals surface area contributed by atoms with E-state index in [1.807, 2.05) is 36.4 Å². The number of nitrogens with one attached hydrogen (secondary N) is 2. The Labute approximate surface area is 151 Å². The van der Waals surface area contributed by atoms with Crippen molar-refractivity contribution in [3.63, 3.8) is 0 Å². The second-order valence-electron chi connectivity index (χ2n) is 6.08. The zero-order valence-electron chi connectivity index (χ0n) is 14.2. The van der Waals surface area contributed by atoms with Crippen molar-refractivity contribution in [1.29, 1.82) is 0 Å². The summed E-state index contributed by atoms with van der Waals surface area (Å²) >= 11 is 0. The van der Waals surface area contributed by atoms with Crippen LogP contribution in [0, 0.1) is 0 Å². The lowest BCUT2D eigenvalue weighted by Gasteiger charge is -2.08. The van der Waals surface area contributed by atoms with Crippen molar-refractivity contribution >= 4 is 5.91 Å². The second kappa shape index (κ2) is 7.53. The standard InChI is InChI=1S/C19H20N2O5/c22-19(10-20-9-14-2-4-16-18(8-14)26-12-24-16)21-6-5-13-1-3-15-17(7-13)25-11-23-15/h1-4,7-8,20H,5-6,9-12H2,(H,21,22). The first-order valence-corrected chi connectivity index (χ1v) is 8.52. The predicted octanol–water partition coefficient (Wildman–Crippen LogP) is 1.59. The minimum absolute atomic E-state index is 0.0357. The van der Waals surface area contributed by atoms with E-state index >= 15 is 0 Å². The van der Waals surface area contributed by atoms with Crippen LogP contribution in [0.15, 0.2) is 36.4 Å². The number of amides is 1. The van der Waals surface area contributed by atoms with Gasteiger partial charge in [0.15, 0.2) is 23.0 Å². The Kier molecular flexibility index (Phi) is 4.79. The molecule has 0 bridgehead atoms. The van der Waals surface area contributed by atoms with Gasteiger partial charge in [-0.3, -0.25) is 4.79 Å². The molecule has 2 N–H and O–H groups in total. The molecule has 2 aromatic rings. The fourth-order valence-corrected chi connectivity index (χ4v) is 2.88. The van der Waals surface area contributed by atoms with Crippen molar-refractivity contribution in [3.8, 4) is 23.0 Å². The van der Waals surface area contributed by atoms with Crippen LogP contribution in [0.25, 0.3) is 0 Å². The molecular formula is C19H20N2O5. The van der Waals surface area contributed by atoms with Gasteiger partial charge in [0.1, 0.15) is 0 Å². The zero-order chi connectivity index (χ0) is 17.8. The highest BCUT2D eigenvalue weighted by atomic mass is 16.7. The number of ether oxygens (including phenoxy) is 4. The molecule has 0 radical (unpaired) electrons. The third-order valence-corrected chi connectivity index (χ3v) is 4.22. The largest absolute Gasteiger partial charge is 0.454 e. The third kappa shape index (κ3) is 3.83. The van der Waals surface area contributed by atoms with E-state index in [0.717, 1.165) is 40.5 Å². The molecule has 0 fully saturated rings. The van der Waals surface area contributed by atoms with E-state index in [0.29, 0.717) is 13.1 Å². The van der Waals surface area contributed by atoms with Crippen LogP contribution in [0.5, 0.6) is 23.0 Å². The Morgan fingerprint density at radius 2 is 1.46 bits per heavy atom. The van der Waals surface area contributed by atoms with E-state index < -0.39 is 0 Å².